The first-order valence-corrected chi connectivity index (χ1v) is 7.82. The summed E-state index contributed by atoms with van der Waals surface area (Å²) in [6.45, 7) is -0.0816. The molecule has 0 unspecified atom stereocenters. The van der Waals surface area contributed by atoms with E-state index in [4.69, 9.17) is 10.5 Å². The molecular formula is C14H16N2O4S. The monoisotopic (exact) mass is 308 g/mol. The van der Waals surface area contributed by atoms with E-state index in [0.717, 1.165) is 5.39 Å². The molecule has 0 aliphatic rings. The van der Waals surface area contributed by atoms with E-state index in [2.05, 4.69) is 4.72 Å². The second-order valence-electron chi connectivity index (χ2n) is 4.39. The van der Waals surface area contributed by atoms with Crippen molar-refractivity contribution in [2.24, 2.45) is 5.73 Å². The smallest absolute Gasteiger partial charge is 0.243 e. The Bertz CT molecular complexity index is 738. The average Bonchev–Trinajstić information content (AvgIpc) is 2.46. The van der Waals surface area contributed by atoms with Crippen LogP contribution in [0.1, 0.15) is 0 Å². The van der Waals surface area contributed by atoms with Crippen molar-refractivity contribution in [3.05, 3.63) is 42.5 Å². The molecule has 0 aromatic heterocycles. The highest BCUT2D eigenvalue weighted by Gasteiger charge is 2.16. The van der Waals surface area contributed by atoms with Crippen LogP contribution in [-0.4, -0.2) is 34.1 Å². The van der Waals surface area contributed by atoms with E-state index in [0.29, 0.717) is 5.39 Å². The van der Waals surface area contributed by atoms with Gasteiger partial charge in [-0.05, 0) is 11.5 Å². The van der Waals surface area contributed by atoms with Crippen LogP contribution in [0.3, 0.4) is 0 Å². The summed E-state index contributed by atoms with van der Waals surface area (Å²) in [6.07, 6.45) is 0. The highest BCUT2D eigenvalue weighted by Crippen LogP contribution is 2.22. The van der Waals surface area contributed by atoms with Gasteiger partial charge in [0.1, 0.15) is 6.61 Å². The quantitative estimate of drug-likeness (QED) is 0.733. The minimum atomic E-state index is -3.63. The second-order valence-corrected chi connectivity index (χ2v) is 6.13. The van der Waals surface area contributed by atoms with Crippen LogP contribution < -0.4 is 10.5 Å². The molecule has 1 amide bonds. The molecule has 2 aromatic rings. The molecule has 21 heavy (non-hydrogen) atoms. The van der Waals surface area contributed by atoms with Crippen LogP contribution in [0.5, 0.6) is 0 Å². The molecular weight excluding hydrogens is 292 g/mol. The maximum Gasteiger partial charge on any atom is 0.243 e. The lowest BCUT2D eigenvalue weighted by molar-refractivity contribution is -0.122. The zero-order chi connectivity index (χ0) is 15.3. The highest BCUT2D eigenvalue weighted by atomic mass is 32.2. The predicted octanol–water partition coefficient (Wildman–Crippen LogP) is 0.620. The Labute approximate surface area is 122 Å². The van der Waals surface area contributed by atoms with Crippen molar-refractivity contribution in [1.82, 2.24) is 4.72 Å². The molecule has 0 radical (unpaired) electrons. The van der Waals surface area contributed by atoms with Gasteiger partial charge < -0.3 is 10.5 Å². The Morgan fingerprint density at radius 1 is 1.14 bits per heavy atom. The minimum Gasteiger partial charge on any atom is -0.370 e. The molecule has 112 valence electrons. The lowest BCUT2D eigenvalue weighted by atomic mass is 10.1. The third kappa shape index (κ3) is 4.01. The van der Waals surface area contributed by atoms with Crippen molar-refractivity contribution < 1.29 is 17.9 Å². The molecule has 0 saturated heterocycles. The van der Waals surface area contributed by atoms with Crippen LogP contribution in [0.25, 0.3) is 10.8 Å². The van der Waals surface area contributed by atoms with Gasteiger partial charge in [-0.2, -0.15) is 0 Å². The SMILES string of the molecule is NC(=O)COCCNS(=O)(=O)c1cccc2ccccc12. The van der Waals surface area contributed by atoms with Crippen LogP contribution in [0.15, 0.2) is 47.4 Å². The van der Waals surface area contributed by atoms with Crippen molar-refractivity contribution in [2.75, 3.05) is 19.8 Å². The van der Waals surface area contributed by atoms with Crippen molar-refractivity contribution in [2.45, 2.75) is 4.90 Å². The molecule has 2 aromatic carbocycles. The van der Waals surface area contributed by atoms with Crippen molar-refractivity contribution in [1.29, 1.82) is 0 Å². The van der Waals surface area contributed by atoms with Gasteiger partial charge in [-0.15, -0.1) is 0 Å². The second kappa shape index (κ2) is 6.66. The lowest BCUT2D eigenvalue weighted by Gasteiger charge is -2.09. The molecule has 0 atom stereocenters. The molecule has 0 aliphatic heterocycles. The van der Waals surface area contributed by atoms with Crippen molar-refractivity contribution >= 4 is 26.7 Å². The number of primary amides is 1. The number of carbonyl (C=O) groups excluding carboxylic acids is 1. The maximum absolute atomic E-state index is 12.3. The maximum atomic E-state index is 12.3. The first-order valence-electron chi connectivity index (χ1n) is 6.34. The molecule has 0 spiro atoms. The van der Waals surface area contributed by atoms with Crippen LogP contribution in [0, 0.1) is 0 Å². The minimum absolute atomic E-state index is 0.0683. The average molecular weight is 308 g/mol. The van der Waals surface area contributed by atoms with E-state index in [9.17, 15) is 13.2 Å². The number of nitrogens with two attached hydrogens (primary N) is 1. The number of benzene rings is 2. The Hall–Kier alpha value is -1.96. The van der Waals surface area contributed by atoms with E-state index in [1.165, 1.54) is 0 Å². The van der Waals surface area contributed by atoms with E-state index < -0.39 is 15.9 Å². The van der Waals surface area contributed by atoms with Crippen molar-refractivity contribution in [3.63, 3.8) is 0 Å². The number of rotatable bonds is 7. The first-order chi connectivity index (χ1) is 10.0. The summed E-state index contributed by atoms with van der Waals surface area (Å²) in [4.78, 5) is 10.7. The van der Waals surface area contributed by atoms with Gasteiger partial charge in [0.05, 0.1) is 11.5 Å². The number of fused-ring (bicyclic) bond motifs is 1. The number of hydrogen-bond acceptors (Lipinski definition) is 4. The zero-order valence-corrected chi connectivity index (χ0v) is 12.1. The Balaban J connectivity index is 2.10. The predicted molar refractivity (Wildman–Crippen MR) is 79.1 cm³/mol. The zero-order valence-electron chi connectivity index (χ0n) is 11.3. The highest BCUT2D eigenvalue weighted by molar-refractivity contribution is 7.89. The lowest BCUT2D eigenvalue weighted by Crippen LogP contribution is -2.29. The largest absolute Gasteiger partial charge is 0.370 e. The summed E-state index contributed by atoms with van der Waals surface area (Å²) in [6, 6.07) is 12.3. The number of sulfonamides is 1. The van der Waals surface area contributed by atoms with Gasteiger partial charge in [0.2, 0.25) is 15.9 Å². The van der Waals surface area contributed by atoms with Gasteiger partial charge in [0.15, 0.2) is 0 Å². The van der Waals surface area contributed by atoms with Gasteiger partial charge in [0.25, 0.3) is 0 Å². The van der Waals surface area contributed by atoms with E-state index in [-0.39, 0.29) is 24.7 Å². The van der Waals surface area contributed by atoms with Crippen molar-refractivity contribution in [3.8, 4) is 0 Å². The van der Waals surface area contributed by atoms with E-state index in [1.807, 2.05) is 18.2 Å². The molecule has 0 fully saturated rings. The Morgan fingerprint density at radius 2 is 1.86 bits per heavy atom. The molecule has 6 nitrogen and oxygen atoms in total. The fraction of sp³-hybridized carbons (Fsp3) is 0.214. The molecule has 0 aliphatic carbocycles. The standard InChI is InChI=1S/C14H16N2O4S/c15-14(17)10-20-9-8-16-21(18,19)13-7-3-5-11-4-1-2-6-12(11)13/h1-7,16H,8-10H2,(H2,15,17). The molecule has 3 N–H and O–H groups in total. The van der Waals surface area contributed by atoms with E-state index in [1.54, 1.807) is 24.3 Å². The summed E-state index contributed by atoms with van der Waals surface area (Å²) in [5.74, 6) is -0.591. The summed E-state index contributed by atoms with van der Waals surface area (Å²) in [5, 5.41) is 1.51. The Kier molecular flexibility index (Phi) is 4.89. The number of ether oxygens (including phenoxy) is 1. The van der Waals surface area contributed by atoms with Gasteiger partial charge in [-0.25, -0.2) is 13.1 Å². The third-order valence-corrected chi connectivity index (χ3v) is 4.34. The Morgan fingerprint density at radius 3 is 2.62 bits per heavy atom. The van der Waals surface area contributed by atoms with Gasteiger partial charge in [-0.3, -0.25) is 4.79 Å². The van der Waals surface area contributed by atoms with Crippen LogP contribution in [0.4, 0.5) is 0 Å². The van der Waals surface area contributed by atoms with Crippen LogP contribution in [0.2, 0.25) is 0 Å². The van der Waals surface area contributed by atoms with E-state index >= 15 is 0 Å². The van der Waals surface area contributed by atoms with Gasteiger partial charge in [0, 0.05) is 11.9 Å². The molecule has 0 saturated carbocycles. The number of hydrogen-bond donors (Lipinski definition) is 2. The number of amides is 1. The number of nitrogens with one attached hydrogen (secondary N) is 1. The molecule has 7 heteroatoms. The number of carbonyl (C=O) groups is 1. The summed E-state index contributed by atoms with van der Waals surface area (Å²) in [5.41, 5.74) is 4.91. The molecule has 0 bridgehead atoms. The van der Waals surface area contributed by atoms with Crippen LogP contribution in [-0.2, 0) is 19.6 Å². The molecule has 0 heterocycles. The summed E-state index contributed by atoms with van der Waals surface area (Å²) in [7, 11) is -3.63. The fourth-order valence-electron chi connectivity index (χ4n) is 1.93. The first kappa shape index (κ1) is 15.4. The molecule has 2 rings (SSSR count). The van der Waals surface area contributed by atoms with Gasteiger partial charge in [-0.1, -0.05) is 36.4 Å². The van der Waals surface area contributed by atoms with Gasteiger partial charge >= 0.3 is 0 Å². The normalized spacial score (nSPS) is 11.6. The topological polar surface area (TPSA) is 98.5 Å². The summed E-state index contributed by atoms with van der Waals surface area (Å²) < 4.78 is 31.9. The fourth-order valence-corrected chi connectivity index (χ4v) is 3.17. The van der Waals surface area contributed by atoms with Crippen LogP contribution >= 0.6 is 0 Å². The summed E-state index contributed by atoms with van der Waals surface area (Å²) >= 11 is 0. The third-order valence-electron chi connectivity index (χ3n) is 2.82.